The van der Waals surface area contributed by atoms with Crippen molar-refractivity contribution < 1.29 is 9.59 Å². The first-order chi connectivity index (χ1) is 15.0. The Bertz CT molecular complexity index is 1270. The molecule has 0 spiro atoms. The number of aromatic nitrogens is 4. The Kier molecular flexibility index (Phi) is 6.08. The lowest BCUT2D eigenvalue weighted by Crippen LogP contribution is -2.37. The van der Waals surface area contributed by atoms with Crippen molar-refractivity contribution in [3.63, 3.8) is 0 Å². The number of fused-ring (bicyclic) bond motifs is 2. The molecule has 0 aliphatic carbocycles. The second-order valence-corrected chi connectivity index (χ2v) is 8.52. The number of aryl methyl sites for hydroxylation is 1. The predicted molar refractivity (Wildman–Crippen MR) is 118 cm³/mol. The maximum atomic E-state index is 12.6. The topological polar surface area (TPSA) is 118 Å². The first-order valence-corrected chi connectivity index (χ1v) is 11.3. The lowest BCUT2D eigenvalue weighted by Gasteiger charge is -2.19. The molecule has 0 saturated heterocycles. The van der Waals surface area contributed by atoms with Crippen LogP contribution in [0.2, 0.25) is 0 Å². The number of pyridine rings is 1. The molecule has 3 aromatic heterocycles. The minimum absolute atomic E-state index is 0.117. The summed E-state index contributed by atoms with van der Waals surface area (Å²) in [6.07, 6.45) is 3.04. The maximum Gasteiger partial charge on any atom is 0.328 e. The zero-order chi connectivity index (χ0) is 22.0. The summed E-state index contributed by atoms with van der Waals surface area (Å²) < 4.78 is 3.28. The number of aromatic amines is 1. The van der Waals surface area contributed by atoms with E-state index >= 15 is 0 Å². The molecule has 0 radical (unpaired) electrons. The fourth-order valence-electron chi connectivity index (χ4n) is 3.87. The minimum atomic E-state index is -0.436. The number of hydrogen-bond donors (Lipinski definition) is 2. The molecule has 2 N–H and O–H groups in total. The van der Waals surface area contributed by atoms with Crippen molar-refractivity contribution in [3.05, 3.63) is 67.9 Å². The number of carbonyl (C=O) groups excluding carboxylic acids is 2. The van der Waals surface area contributed by atoms with Crippen molar-refractivity contribution in [2.24, 2.45) is 0 Å². The summed E-state index contributed by atoms with van der Waals surface area (Å²) >= 11 is 1.67. The summed E-state index contributed by atoms with van der Waals surface area (Å²) in [6.45, 7) is 1.99. The first-order valence-electron chi connectivity index (χ1n) is 10.1. The van der Waals surface area contributed by atoms with E-state index in [1.54, 1.807) is 33.9 Å². The number of thioether (sulfide) groups is 1. The maximum absolute atomic E-state index is 12.6. The number of ketones is 1. The Balaban J connectivity index is 1.34. The van der Waals surface area contributed by atoms with Crippen LogP contribution in [-0.4, -0.2) is 42.9 Å². The molecular weight excluding hydrogens is 418 g/mol. The van der Waals surface area contributed by atoms with Gasteiger partial charge in [0.15, 0.2) is 0 Å². The standard InChI is InChI=1S/C21H23N5O4S/c1-13-19(26-8-3-2-5-17(26)23-13)16(27)11-22-18(28)6-4-9-25-15-7-10-31-12-14(15)20(29)24-21(25)30/h2-3,5,8H,4,6-7,9-12H2,1H3,(H,22,28)(H,24,29,30). The van der Waals surface area contributed by atoms with E-state index in [1.165, 1.54) is 0 Å². The molecule has 10 heteroatoms. The Morgan fingerprint density at radius 3 is 2.97 bits per heavy atom. The molecule has 3 aromatic rings. The number of Topliss-reactive ketones (excluding diaryl/α,β-unsaturated/α-hetero) is 1. The smallest absolute Gasteiger partial charge is 0.328 e. The lowest BCUT2D eigenvalue weighted by molar-refractivity contribution is -0.121. The van der Waals surface area contributed by atoms with Crippen molar-refractivity contribution >= 4 is 29.1 Å². The lowest BCUT2D eigenvalue weighted by atomic mass is 10.2. The highest BCUT2D eigenvalue weighted by molar-refractivity contribution is 7.98. The van der Waals surface area contributed by atoms with Gasteiger partial charge in [-0.2, -0.15) is 11.8 Å². The molecule has 1 aliphatic rings. The van der Waals surface area contributed by atoms with Crippen LogP contribution in [0.5, 0.6) is 0 Å². The number of hydrogen-bond acceptors (Lipinski definition) is 6. The minimum Gasteiger partial charge on any atom is -0.349 e. The highest BCUT2D eigenvalue weighted by Gasteiger charge is 2.19. The number of carbonyl (C=O) groups is 2. The Morgan fingerprint density at radius 1 is 1.29 bits per heavy atom. The quantitative estimate of drug-likeness (QED) is 0.530. The Labute approximate surface area is 181 Å². The third kappa shape index (κ3) is 4.34. The average molecular weight is 442 g/mol. The number of amides is 1. The predicted octanol–water partition coefficient (Wildman–Crippen LogP) is 1.06. The van der Waals surface area contributed by atoms with E-state index in [9.17, 15) is 19.2 Å². The summed E-state index contributed by atoms with van der Waals surface area (Å²) in [5.74, 6) is 0.979. The molecule has 0 aromatic carbocycles. The fourth-order valence-corrected chi connectivity index (χ4v) is 4.85. The van der Waals surface area contributed by atoms with Gasteiger partial charge in [0.2, 0.25) is 11.7 Å². The summed E-state index contributed by atoms with van der Waals surface area (Å²) in [7, 11) is 0. The van der Waals surface area contributed by atoms with E-state index in [0.29, 0.717) is 47.7 Å². The highest BCUT2D eigenvalue weighted by Crippen LogP contribution is 2.20. The van der Waals surface area contributed by atoms with E-state index in [0.717, 1.165) is 11.4 Å². The molecule has 4 rings (SSSR count). The van der Waals surface area contributed by atoms with Gasteiger partial charge < -0.3 is 5.32 Å². The van der Waals surface area contributed by atoms with Gasteiger partial charge in [-0.15, -0.1) is 0 Å². The van der Waals surface area contributed by atoms with Crippen molar-refractivity contribution in [1.29, 1.82) is 0 Å². The molecule has 1 amide bonds. The van der Waals surface area contributed by atoms with Crippen LogP contribution >= 0.6 is 11.8 Å². The van der Waals surface area contributed by atoms with Gasteiger partial charge in [0.25, 0.3) is 5.56 Å². The summed E-state index contributed by atoms with van der Waals surface area (Å²) in [4.78, 5) is 55.8. The largest absolute Gasteiger partial charge is 0.349 e. The van der Waals surface area contributed by atoms with Crippen LogP contribution < -0.4 is 16.6 Å². The molecule has 0 atom stereocenters. The zero-order valence-corrected chi connectivity index (χ0v) is 18.0. The third-order valence-electron chi connectivity index (χ3n) is 5.34. The van der Waals surface area contributed by atoms with Gasteiger partial charge in [-0.05, 0) is 37.7 Å². The molecule has 0 bridgehead atoms. The van der Waals surface area contributed by atoms with E-state index in [4.69, 9.17) is 0 Å². The SMILES string of the molecule is Cc1nc2ccccn2c1C(=O)CNC(=O)CCCn1c2c(c(=O)[nH]c1=O)CSCC2. The fraction of sp³-hybridized carbons (Fsp3) is 0.381. The highest BCUT2D eigenvalue weighted by atomic mass is 32.2. The Hall–Kier alpha value is -3.14. The van der Waals surface area contributed by atoms with Crippen LogP contribution in [-0.2, 0) is 23.5 Å². The molecule has 31 heavy (non-hydrogen) atoms. The second kappa shape index (κ2) is 8.93. The van der Waals surface area contributed by atoms with Gasteiger partial charge in [0.05, 0.1) is 12.2 Å². The number of imidazole rings is 1. The van der Waals surface area contributed by atoms with Crippen LogP contribution in [0.1, 0.15) is 40.3 Å². The monoisotopic (exact) mass is 441 g/mol. The molecule has 162 valence electrons. The average Bonchev–Trinajstić information content (AvgIpc) is 3.10. The van der Waals surface area contributed by atoms with Gasteiger partial charge in [0.1, 0.15) is 11.3 Å². The van der Waals surface area contributed by atoms with Gasteiger partial charge in [-0.1, -0.05) is 6.07 Å². The molecule has 4 heterocycles. The normalized spacial score (nSPS) is 13.2. The Morgan fingerprint density at radius 2 is 2.13 bits per heavy atom. The van der Waals surface area contributed by atoms with Crippen molar-refractivity contribution in [2.45, 2.75) is 38.5 Å². The molecule has 1 aliphatic heterocycles. The van der Waals surface area contributed by atoms with E-state index in [-0.39, 0.29) is 30.2 Å². The van der Waals surface area contributed by atoms with Crippen molar-refractivity contribution in [1.82, 2.24) is 24.3 Å². The van der Waals surface area contributed by atoms with E-state index in [2.05, 4.69) is 15.3 Å². The number of rotatable bonds is 7. The van der Waals surface area contributed by atoms with Crippen LogP contribution in [0, 0.1) is 6.92 Å². The molecule has 0 fully saturated rings. The summed E-state index contributed by atoms with van der Waals surface area (Å²) in [5.41, 5.74) is 2.42. The van der Waals surface area contributed by atoms with Gasteiger partial charge >= 0.3 is 5.69 Å². The van der Waals surface area contributed by atoms with Crippen molar-refractivity contribution in [2.75, 3.05) is 12.3 Å². The number of nitrogens with one attached hydrogen (secondary N) is 2. The molecule has 9 nitrogen and oxygen atoms in total. The summed E-state index contributed by atoms with van der Waals surface area (Å²) in [5, 5.41) is 2.66. The van der Waals surface area contributed by atoms with E-state index < -0.39 is 5.69 Å². The van der Waals surface area contributed by atoms with Crippen LogP contribution in [0.4, 0.5) is 0 Å². The first kappa shape index (κ1) is 21.1. The van der Waals surface area contributed by atoms with Crippen LogP contribution in [0.3, 0.4) is 0 Å². The van der Waals surface area contributed by atoms with Gasteiger partial charge in [0, 0.05) is 36.2 Å². The van der Waals surface area contributed by atoms with Gasteiger partial charge in [-0.3, -0.25) is 28.3 Å². The number of H-pyrrole nitrogens is 1. The zero-order valence-electron chi connectivity index (χ0n) is 17.1. The van der Waals surface area contributed by atoms with Gasteiger partial charge in [-0.25, -0.2) is 9.78 Å². The number of nitrogens with zero attached hydrogens (tertiary/aromatic N) is 3. The third-order valence-corrected chi connectivity index (χ3v) is 6.33. The molecule has 0 unspecified atom stereocenters. The van der Waals surface area contributed by atoms with Crippen molar-refractivity contribution in [3.8, 4) is 0 Å². The van der Waals surface area contributed by atoms with Crippen LogP contribution in [0.25, 0.3) is 5.65 Å². The molecular formula is C21H23N5O4S. The summed E-state index contributed by atoms with van der Waals surface area (Å²) in [6, 6.07) is 5.49. The molecule has 0 saturated carbocycles. The van der Waals surface area contributed by atoms with Crippen LogP contribution in [0.15, 0.2) is 34.0 Å². The second-order valence-electron chi connectivity index (χ2n) is 7.42. The van der Waals surface area contributed by atoms with E-state index in [1.807, 2.05) is 18.2 Å².